The van der Waals surface area contributed by atoms with Crippen molar-refractivity contribution in [3.63, 3.8) is 0 Å². The molecule has 3 N–H and O–H groups in total. The zero-order valence-corrected chi connectivity index (χ0v) is 17.0. The predicted octanol–water partition coefficient (Wildman–Crippen LogP) is 1.91. The van der Waals surface area contributed by atoms with Gasteiger partial charge >= 0.3 is 18.0 Å². The zero-order valence-electron chi connectivity index (χ0n) is 17.0. The van der Waals surface area contributed by atoms with Crippen LogP contribution in [0.4, 0.5) is 4.79 Å². The fourth-order valence-electron chi connectivity index (χ4n) is 3.35. The Labute approximate surface area is 166 Å². The molecule has 0 aromatic heterocycles. The SMILES string of the molecule is CCCCCCCC[C@H](N[C@H](CC)C(=O)N1C(=O)N(C)C[C@H]1C(=O)O)C(=O)O. The summed E-state index contributed by atoms with van der Waals surface area (Å²) in [5.74, 6) is -3.01. The van der Waals surface area contributed by atoms with E-state index in [1.807, 2.05) is 0 Å². The van der Waals surface area contributed by atoms with Gasteiger partial charge in [0.25, 0.3) is 0 Å². The summed E-state index contributed by atoms with van der Waals surface area (Å²) >= 11 is 0. The summed E-state index contributed by atoms with van der Waals surface area (Å²) in [6.07, 6.45) is 6.75. The third-order valence-electron chi connectivity index (χ3n) is 5.07. The molecule has 1 rings (SSSR count). The average molecular weight is 399 g/mol. The molecule has 0 aromatic carbocycles. The third kappa shape index (κ3) is 6.47. The summed E-state index contributed by atoms with van der Waals surface area (Å²) in [6.45, 7) is 3.74. The molecule has 0 bridgehead atoms. The largest absolute Gasteiger partial charge is 0.480 e. The van der Waals surface area contributed by atoms with Gasteiger partial charge in [0, 0.05) is 7.05 Å². The number of carbonyl (C=O) groups is 4. The Balaban J connectivity index is 2.72. The molecule has 1 heterocycles. The Kier molecular flexibility index (Phi) is 9.92. The van der Waals surface area contributed by atoms with Crippen molar-refractivity contribution in [3.05, 3.63) is 0 Å². The van der Waals surface area contributed by atoms with Crippen LogP contribution in [0.3, 0.4) is 0 Å². The summed E-state index contributed by atoms with van der Waals surface area (Å²) in [7, 11) is 1.43. The van der Waals surface area contributed by atoms with Crippen LogP contribution in [0.1, 0.15) is 65.2 Å². The van der Waals surface area contributed by atoms with Crippen molar-refractivity contribution >= 4 is 23.9 Å². The lowest BCUT2D eigenvalue weighted by Gasteiger charge is -2.26. The van der Waals surface area contributed by atoms with Crippen LogP contribution in [0.2, 0.25) is 0 Å². The van der Waals surface area contributed by atoms with E-state index < -0.39 is 42.0 Å². The highest BCUT2D eigenvalue weighted by molar-refractivity contribution is 6.02. The lowest BCUT2D eigenvalue weighted by Crippen LogP contribution is -2.55. The van der Waals surface area contributed by atoms with Crippen LogP contribution >= 0.6 is 0 Å². The number of hydrogen-bond donors (Lipinski definition) is 3. The number of carboxylic acid groups (broad SMARTS) is 2. The fourth-order valence-corrected chi connectivity index (χ4v) is 3.35. The second-order valence-corrected chi connectivity index (χ2v) is 7.30. The van der Waals surface area contributed by atoms with Gasteiger partial charge in [-0.25, -0.2) is 14.5 Å². The molecule has 3 amide bonds. The fraction of sp³-hybridized carbons (Fsp3) is 0.789. The van der Waals surface area contributed by atoms with Gasteiger partial charge in [-0.2, -0.15) is 0 Å². The van der Waals surface area contributed by atoms with Crippen molar-refractivity contribution < 1.29 is 29.4 Å². The first kappa shape index (κ1) is 23.9. The van der Waals surface area contributed by atoms with Crippen LogP contribution in [-0.4, -0.2) is 75.6 Å². The van der Waals surface area contributed by atoms with Crippen molar-refractivity contribution in [2.45, 2.75) is 83.3 Å². The number of nitrogens with zero attached hydrogens (tertiary/aromatic N) is 2. The normalized spacial score (nSPS) is 19.0. The van der Waals surface area contributed by atoms with Gasteiger partial charge in [0.1, 0.15) is 6.04 Å². The molecule has 1 aliphatic rings. The minimum Gasteiger partial charge on any atom is -0.480 e. The molecule has 3 atom stereocenters. The summed E-state index contributed by atoms with van der Waals surface area (Å²) in [4.78, 5) is 49.9. The van der Waals surface area contributed by atoms with Crippen molar-refractivity contribution in [1.29, 1.82) is 0 Å². The van der Waals surface area contributed by atoms with Crippen LogP contribution in [0.25, 0.3) is 0 Å². The maximum atomic E-state index is 12.8. The molecule has 0 aliphatic carbocycles. The highest BCUT2D eigenvalue weighted by atomic mass is 16.4. The van der Waals surface area contributed by atoms with Gasteiger partial charge in [-0.1, -0.05) is 52.4 Å². The Bertz CT molecular complexity index is 568. The van der Waals surface area contributed by atoms with E-state index in [0.717, 1.165) is 43.4 Å². The van der Waals surface area contributed by atoms with Crippen molar-refractivity contribution in [1.82, 2.24) is 15.1 Å². The summed E-state index contributed by atoms with van der Waals surface area (Å²) in [6, 6.07) is -3.79. The maximum Gasteiger partial charge on any atom is 0.328 e. The number of urea groups is 1. The molecule has 0 spiro atoms. The number of amides is 3. The minimum absolute atomic E-state index is 0.0868. The monoisotopic (exact) mass is 399 g/mol. The molecule has 160 valence electrons. The first-order valence-electron chi connectivity index (χ1n) is 10.0. The molecule has 1 fully saturated rings. The van der Waals surface area contributed by atoms with Gasteiger partial charge < -0.3 is 15.1 Å². The van der Waals surface area contributed by atoms with Crippen LogP contribution in [0, 0.1) is 0 Å². The van der Waals surface area contributed by atoms with E-state index in [1.165, 1.54) is 11.9 Å². The van der Waals surface area contributed by atoms with E-state index in [-0.39, 0.29) is 13.0 Å². The number of likely N-dealkylation sites (N-methyl/N-ethyl adjacent to an activating group) is 1. The zero-order chi connectivity index (χ0) is 21.3. The highest BCUT2D eigenvalue weighted by Crippen LogP contribution is 2.18. The maximum absolute atomic E-state index is 12.8. The molecule has 9 heteroatoms. The van der Waals surface area contributed by atoms with Gasteiger partial charge in [0.05, 0.1) is 12.6 Å². The molecular formula is C19H33N3O6. The van der Waals surface area contributed by atoms with Gasteiger partial charge in [-0.15, -0.1) is 0 Å². The number of carbonyl (C=O) groups excluding carboxylic acids is 2. The van der Waals surface area contributed by atoms with E-state index in [4.69, 9.17) is 0 Å². The topological polar surface area (TPSA) is 127 Å². The predicted molar refractivity (Wildman–Crippen MR) is 103 cm³/mol. The van der Waals surface area contributed by atoms with E-state index in [2.05, 4.69) is 12.2 Å². The Morgan fingerprint density at radius 2 is 1.68 bits per heavy atom. The number of unbranched alkanes of at least 4 members (excludes halogenated alkanes) is 5. The number of carboxylic acids is 2. The first-order valence-corrected chi connectivity index (χ1v) is 10.0. The summed E-state index contributed by atoms with van der Waals surface area (Å²) < 4.78 is 0. The van der Waals surface area contributed by atoms with E-state index in [0.29, 0.717) is 6.42 Å². The minimum atomic E-state index is -1.26. The van der Waals surface area contributed by atoms with Gasteiger partial charge in [-0.3, -0.25) is 14.9 Å². The van der Waals surface area contributed by atoms with Gasteiger partial charge in [0.15, 0.2) is 6.04 Å². The Morgan fingerprint density at radius 3 is 2.21 bits per heavy atom. The molecule has 0 saturated carbocycles. The standard InChI is InChI=1S/C19H33N3O6/c1-4-6-7-8-9-10-11-14(17(24)25)20-13(5-2)16(23)22-15(18(26)27)12-21(3)19(22)28/h13-15,20H,4-12H2,1-3H3,(H,24,25)(H,26,27)/t13-,14+,15+/m1/s1. The first-order chi connectivity index (χ1) is 13.2. The molecule has 1 aliphatic heterocycles. The number of hydrogen-bond acceptors (Lipinski definition) is 5. The van der Waals surface area contributed by atoms with Crippen molar-refractivity contribution in [3.8, 4) is 0 Å². The molecule has 0 aromatic rings. The average Bonchev–Trinajstić information content (AvgIpc) is 2.95. The third-order valence-corrected chi connectivity index (χ3v) is 5.07. The number of aliphatic carboxylic acids is 2. The molecule has 9 nitrogen and oxygen atoms in total. The number of rotatable bonds is 13. The Morgan fingerprint density at radius 1 is 1.07 bits per heavy atom. The van der Waals surface area contributed by atoms with Gasteiger partial charge in [-0.05, 0) is 12.8 Å². The van der Waals surface area contributed by atoms with E-state index >= 15 is 0 Å². The van der Waals surface area contributed by atoms with E-state index in [9.17, 15) is 29.4 Å². The molecule has 0 unspecified atom stereocenters. The van der Waals surface area contributed by atoms with E-state index in [1.54, 1.807) is 6.92 Å². The molecule has 1 saturated heterocycles. The van der Waals surface area contributed by atoms with Gasteiger partial charge in [0.2, 0.25) is 5.91 Å². The van der Waals surface area contributed by atoms with Crippen LogP contribution in [0.5, 0.6) is 0 Å². The molecule has 0 radical (unpaired) electrons. The quantitative estimate of drug-likeness (QED) is 0.404. The lowest BCUT2D eigenvalue weighted by atomic mass is 10.0. The second kappa shape index (κ2) is 11.6. The highest BCUT2D eigenvalue weighted by Gasteiger charge is 2.45. The summed E-state index contributed by atoms with van der Waals surface area (Å²) in [5.41, 5.74) is 0. The number of imide groups is 1. The van der Waals surface area contributed by atoms with Crippen LogP contribution < -0.4 is 5.32 Å². The smallest absolute Gasteiger partial charge is 0.328 e. The number of nitrogens with one attached hydrogen (secondary N) is 1. The van der Waals surface area contributed by atoms with Crippen molar-refractivity contribution in [2.75, 3.05) is 13.6 Å². The lowest BCUT2D eigenvalue weighted by molar-refractivity contribution is -0.147. The van der Waals surface area contributed by atoms with Crippen LogP contribution in [0.15, 0.2) is 0 Å². The molecular weight excluding hydrogens is 366 g/mol. The Hall–Kier alpha value is -2.16. The van der Waals surface area contributed by atoms with Crippen LogP contribution in [-0.2, 0) is 14.4 Å². The summed E-state index contributed by atoms with van der Waals surface area (Å²) in [5, 5.41) is 21.6. The second-order valence-electron chi connectivity index (χ2n) is 7.30. The molecule has 28 heavy (non-hydrogen) atoms. The van der Waals surface area contributed by atoms with Crippen molar-refractivity contribution in [2.24, 2.45) is 0 Å².